The summed E-state index contributed by atoms with van der Waals surface area (Å²) in [4.78, 5) is 37.1. The monoisotopic (exact) mass is 390 g/mol. The summed E-state index contributed by atoms with van der Waals surface area (Å²) in [5.41, 5.74) is 0.192. The average Bonchev–Trinajstić information content (AvgIpc) is 2.98. The lowest BCUT2D eigenvalue weighted by molar-refractivity contribution is 0.0281. The van der Waals surface area contributed by atoms with Crippen LogP contribution < -0.4 is 5.56 Å². The Labute approximate surface area is 158 Å². The Morgan fingerprint density at radius 3 is 2.78 bits per heavy atom. The first kappa shape index (κ1) is 19.0. The highest BCUT2D eigenvalue weighted by molar-refractivity contribution is 7.22. The number of aromatic amines is 1. The van der Waals surface area contributed by atoms with Gasteiger partial charge in [-0.2, -0.15) is 4.39 Å². The summed E-state index contributed by atoms with van der Waals surface area (Å²) in [5, 5.41) is 0. The molecule has 3 rings (SSSR count). The van der Waals surface area contributed by atoms with E-state index < -0.39 is 17.6 Å². The van der Waals surface area contributed by atoms with Crippen LogP contribution in [-0.4, -0.2) is 38.6 Å². The second-order valence-electron chi connectivity index (χ2n) is 7.04. The number of hydrogen-bond donors (Lipinski definition) is 1. The van der Waals surface area contributed by atoms with Crippen molar-refractivity contribution in [3.8, 4) is 10.4 Å². The van der Waals surface area contributed by atoms with Crippen molar-refractivity contribution in [2.24, 2.45) is 0 Å². The average molecular weight is 390 g/mol. The fraction of sp³-hybridized carbons (Fsp3) is 0.333. The fourth-order valence-electron chi connectivity index (χ4n) is 2.39. The predicted molar refractivity (Wildman–Crippen MR) is 101 cm³/mol. The molecule has 7 nitrogen and oxygen atoms in total. The molecule has 142 valence electrons. The summed E-state index contributed by atoms with van der Waals surface area (Å²) in [5.74, 6) is -0.252. The van der Waals surface area contributed by atoms with Gasteiger partial charge >= 0.3 is 6.09 Å². The minimum absolute atomic E-state index is 0.0924. The Morgan fingerprint density at radius 1 is 1.37 bits per heavy atom. The lowest BCUT2D eigenvalue weighted by Crippen LogP contribution is -2.34. The summed E-state index contributed by atoms with van der Waals surface area (Å²) in [6.07, 6.45) is 0.858. The molecule has 0 aromatic carbocycles. The summed E-state index contributed by atoms with van der Waals surface area (Å²) in [6.45, 7) is 5.42. The molecule has 0 saturated heterocycles. The second kappa shape index (κ2) is 7.07. The zero-order valence-corrected chi connectivity index (χ0v) is 16.2. The van der Waals surface area contributed by atoms with Gasteiger partial charge in [-0.1, -0.05) is 0 Å². The van der Waals surface area contributed by atoms with Crippen LogP contribution in [0.15, 0.2) is 29.2 Å². The van der Waals surface area contributed by atoms with Gasteiger partial charge in [0.1, 0.15) is 16.1 Å². The van der Waals surface area contributed by atoms with Crippen LogP contribution in [0, 0.1) is 5.95 Å². The lowest BCUT2D eigenvalue weighted by atomic mass is 10.2. The normalized spacial score (nSPS) is 11.6. The van der Waals surface area contributed by atoms with Crippen LogP contribution >= 0.6 is 11.3 Å². The minimum atomic E-state index is -0.613. The summed E-state index contributed by atoms with van der Waals surface area (Å²) in [6, 6.07) is 4.69. The topological polar surface area (TPSA) is 88.2 Å². The van der Waals surface area contributed by atoms with E-state index in [1.807, 2.05) is 0 Å². The van der Waals surface area contributed by atoms with E-state index in [-0.39, 0.29) is 12.1 Å². The molecule has 0 atom stereocenters. The SMILES string of the molecule is CN(Cc1nc2cc(-c3ccnc(F)c3)sc2c(=O)[nH]1)C(=O)OC(C)(C)C. The summed E-state index contributed by atoms with van der Waals surface area (Å²) in [7, 11) is 1.57. The van der Waals surface area contributed by atoms with Crippen molar-refractivity contribution < 1.29 is 13.9 Å². The molecule has 0 aliphatic rings. The number of nitrogens with zero attached hydrogens (tertiary/aromatic N) is 3. The van der Waals surface area contributed by atoms with Crippen molar-refractivity contribution >= 4 is 27.6 Å². The molecule has 0 saturated carbocycles. The van der Waals surface area contributed by atoms with Gasteiger partial charge in [0.05, 0.1) is 12.1 Å². The lowest BCUT2D eigenvalue weighted by Gasteiger charge is -2.24. The van der Waals surface area contributed by atoms with Gasteiger partial charge in [0.2, 0.25) is 5.95 Å². The standard InChI is InChI=1S/C18H19FN4O3S/c1-18(2,3)26-17(25)23(4)9-14-21-11-8-12(27-15(11)16(24)22-14)10-5-6-20-13(19)7-10/h5-8H,9H2,1-4H3,(H,21,22,24). The van der Waals surface area contributed by atoms with Crippen molar-refractivity contribution in [2.45, 2.75) is 32.9 Å². The Bertz CT molecular complexity index is 1050. The number of H-pyrrole nitrogens is 1. The Morgan fingerprint density at radius 2 is 2.11 bits per heavy atom. The van der Waals surface area contributed by atoms with Gasteiger partial charge < -0.3 is 14.6 Å². The van der Waals surface area contributed by atoms with Gasteiger partial charge in [-0.3, -0.25) is 4.79 Å². The maximum Gasteiger partial charge on any atom is 0.410 e. The molecule has 0 spiro atoms. The number of hydrogen-bond acceptors (Lipinski definition) is 6. The molecule has 0 bridgehead atoms. The van der Waals surface area contributed by atoms with E-state index in [0.29, 0.717) is 26.5 Å². The largest absolute Gasteiger partial charge is 0.444 e. The van der Waals surface area contributed by atoms with E-state index in [4.69, 9.17) is 4.74 Å². The van der Waals surface area contributed by atoms with E-state index in [1.165, 1.54) is 28.5 Å². The number of thiophene rings is 1. The highest BCUT2D eigenvalue weighted by Crippen LogP contribution is 2.30. The third-order valence-corrected chi connectivity index (χ3v) is 4.71. The van der Waals surface area contributed by atoms with Crippen LogP contribution in [0.3, 0.4) is 0 Å². The van der Waals surface area contributed by atoms with Crippen LogP contribution in [0.2, 0.25) is 0 Å². The van der Waals surface area contributed by atoms with E-state index in [9.17, 15) is 14.0 Å². The highest BCUT2D eigenvalue weighted by Gasteiger charge is 2.20. The molecule has 27 heavy (non-hydrogen) atoms. The Kier molecular flexibility index (Phi) is 4.97. The molecule has 0 aliphatic heterocycles. The number of rotatable bonds is 3. The Balaban J connectivity index is 1.88. The molecule has 0 unspecified atom stereocenters. The number of carbonyl (C=O) groups excluding carboxylic acids is 1. The van der Waals surface area contributed by atoms with Crippen LogP contribution in [0.1, 0.15) is 26.6 Å². The number of ether oxygens (including phenoxy) is 1. The zero-order chi connectivity index (χ0) is 19.8. The maximum absolute atomic E-state index is 13.3. The van der Waals surface area contributed by atoms with E-state index in [2.05, 4.69) is 15.0 Å². The van der Waals surface area contributed by atoms with Crippen LogP contribution in [0.5, 0.6) is 0 Å². The molecule has 0 radical (unpaired) electrons. The first-order chi connectivity index (χ1) is 12.6. The van der Waals surface area contributed by atoms with Gasteiger partial charge in [-0.15, -0.1) is 11.3 Å². The van der Waals surface area contributed by atoms with Crippen molar-refractivity contribution in [1.82, 2.24) is 19.9 Å². The third kappa shape index (κ3) is 4.48. The molecule has 0 aliphatic carbocycles. The Hall–Kier alpha value is -2.81. The number of fused-ring (bicyclic) bond motifs is 1. The molecular formula is C18H19FN4O3S. The minimum Gasteiger partial charge on any atom is -0.444 e. The van der Waals surface area contributed by atoms with E-state index >= 15 is 0 Å². The first-order valence-corrected chi connectivity index (χ1v) is 9.03. The number of aromatic nitrogens is 3. The van der Waals surface area contributed by atoms with E-state index in [1.54, 1.807) is 40.0 Å². The van der Waals surface area contributed by atoms with Crippen molar-refractivity contribution in [2.75, 3.05) is 7.05 Å². The van der Waals surface area contributed by atoms with Crippen LogP contribution in [-0.2, 0) is 11.3 Å². The number of amides is 1. The molecule has 1 amide bonds. The molecule has 1 N–H and O–H groups in total. The summed E-state index contributed by atoms with van der Waals surface area (Å²) >= 11 is 1.22. The molecule has 0 fully saturated rings. The van der Waals surface area contributed by atoms with Gasteiger partial charge in [-0.05, 0) is 38.5 Å². The smallest absolute Gasteiger partial charge is 0.410 e. The predicted octanol–water partition coefficient (Wildman–Crippen LogP) is 3.55. The van der Waals surface area contributed by atoms with Crippen molar-refractivity contribution in [1.29, 1.82) is 0 Å². The number of carbonyl (C=O) groups is 1. The molecule has 3 aromatic heterocycles. The summed E-state index contributed by atoms with van der Waals surface area (Å²) < 4.78 is 19.1. The number of pyridine rings is 1. The quantitative estimate of drug-likeness (QED) is 0.691. The van der Waals surface area contributed by atoms with Gasteiger partial charge in [-0.25, -0.2) is 14.8 Å². The third-order valence-electron chi connectivity index (χ3n) is 3.54. The number of nitrogens with one attached hydrogen (secondary N) is 1. The molecule has 9 heteroatoms. The second-order valence-corrected chi connectivity index (χ2v) is 8.09. The highest BCUT2D eigenvalue weighted by atomic mass is 32.1. The molecular weight excluding hydrogens is 371 g/mol. The maximum atomic E-state index is 13.3. The molecule has 3 aromatic rings. The zero-order valence-electron chi connectivity index (χ0n) is 15.4. The van der Waals surface area contributed by atoms with Crippen molar-refractivity contribution in [3.63, 3.8) is 0 Å². The fourth-order valence-corrected chi connectivity index (χ4v) is 3.38. The van der Waals surface area contributed by atoms with Crippen LogP contribution in [0.4, 0.5) is 9.18 Å². The van der Waals surface area contributed by atoms with Gasteiger partial charge in [0.15, 0.2) is 0 Å². The van der Waals surface area contributed by atoms with Crippen LogP contribution in [0.25, 0.3) is 20.7 Å². The van der Waals surface area contributed by atoms with Gasteiger partial charge in [0, 0.05) is 24.2 Å². The van der Waals surface area contributed by atoms with Gasteiger partial charge in [0.25, 0.3) is 5.56 Å². The first-order valence-electron chi connectivity index (χ1n) is 8.21. The number of halogens is 1. The van der Waals surface area contributed by atoms with Crippen molar-refractivity contribution in [3.05, 3.63) is 46.5 Å². The molecule has 3 heterocycles. The van der Waals surface area contributed by atoms with E-state index in [0.717, 1.165) is 0 Å².